The van der Waals surface area contributed by atoms with Crippen molar-refractivity contribution in [3.05, 3.63) is 187 Å². The van der Waals surface area contributed by atoms with E-state index in [0.717, 1.165) is 39.0 Å². The van der Waals surface area contributed by atoms with E-state index in [0.29, 0.717) is 0 Å². The molecule has 1 aromatic heterocycles. The Balaban J connectivity index is 1.38. The number of hydrogen-bond acceptors (Lipinski definition) is 2. The minimum Gasteiger partial charge on any atom is -0.454 e. The molecule has 0 saturated carbocycles. The van der Waals surface area contributed by atoms with Crippen molar-refractivity contribution in [1.29, 1.82) is 0 Å². The van der Waals surface area contributed by atoms with Gasteiger partial charge in [0.1, 0.15) is 5.58 Å². The second-order valence-corrected chi connectivity index (χ2v) is 12.2. The van der Waals surface area contributed by atoms with Gasteiger partial charge in [0.05, 0.1) is 5.69 Å². The molecule has 2 nitrogen and oxygen atoms in total. The second kappa shape index (κ2) is 10.4. The van der Waals surface area contributed by atoms with Crippen molar-refractivity contribution >= 4 is 39.0 Å². The Morgan fingerprint density at radius 1 is 0.435 bits per heavy atom. The van der Waals surface area contributed by atoms with E-state index in [-0.39, 0.29) is 0 Å². The predicted molar refractivity (Wildman–Crippen MR) is 191 cm³/mol. The molecule has 1 heterocycles. The van der Waals surface area contributed by atoms with E-state index in [1.807, 2.05) is 6.07 Å². The van der Waals surface area contributed by atoms with Crippen LogP contribution in [0.15, 0.2) is 174 Å². The van der Waals surface area contributed by atoms with Gasteiger partial charge < -0.3 is 9.32 Å². The third-order valence-corrected chi connectivity index (χ3v) is 9.75. The van der Waals surface area contributed by atoms with E-state index in [1.165, 1.54) is 38.9 Å². The van der Waals surface area contributed by atoms with Gasteiger partial charge in [-0.05, 0) is 76.2 Å². The molecule has 9 rings (SSSR count). The normalized spacial score (nSPS) is 13.1. The molecule has 46 heavy (non-hydrogen) atoms. The van der Waals surface area contributed by atoms with Crippen molar-refractivity contribution in [2.45, 2.75) is 12.3 Å². The highest BCUT2D eigenvalue weighted by Gasteiger charge is 2.43. The number of nitrogens with zero attached hydrogens (tertiary/aromatic N) is 1. The minimum atomic E-state index is -0.424. The maximum Gasteiger partial charge on any atom is 0.159 e. The van der Waals surface area contributed by atoms with Gasteiger partial charge in [-0.3, -0.25) is 0 Å². The highest BCUT2D eigenvalue weighted by molar-refractivity contribution is 6.11. The van der Waals surface area contributed by atoms with Crippen molar-refractivity contribution in [3.63, 3.8) is 0 Å². The first kappa shape index (κ1) is 26.5. The average Bonchev–Trinajstić information content (AvgIpc) is 3.63. The third-order valence-electron chi connectivity index (χ3n) is 9.75. The molecule has 0 saturated heterocycles. The highest BCUT2D eigenvalue weighted by atomic mass is 16.3. The lowest BCUT2D eigenvalue weighted by Crippen LogP contribution is -2.26. The molecule has 0 aliphatic heterocycles. The molecule has 0 bridgehead atoms. The zero-order valence-corrected chi connectivity index (χ0v) is 25.5. The van der Waals surface area contributed by atoms with Gasteiger partial charge in [-0.15, -0.1) is 0 Å². The summed E-state index contributed by atoms with van der Waals surface area (Å²) in [4.78, 5) is 2.39. The molecule has 218 valence electrons. The number of rotatable bonds is 5. The van der Waals surface area contributed by atoms with Gasteiger partial charge in [0.25, 0.3) is 0 Å². The van der Waals surface area contributed by atoms with Crippen LogP contribution in [0.1, 0.15) is 23.6 Å². The molecular weight excluding hydrogens is 558 g/mol. The van der Waals surface area contributed by atoms with E-state index in [1.54, 1.807) is 0 Å². The summed E-state index contributed by atoms with van der Waals surface area (Å²) in [7, 11) is 0. The van der Waals surface area contributed by atoms with E-state index in [2.05, 4.69) is 176 Å². The molecular formula is C44H31NO. The minimum absolute atomic E-state index is 0.424. The summed E-state index contributed by atoms with van der Waals surface area (Å²) in [5.41, 5.74) is 13.3. The van der Waals surface area contributed by atoms with Crippen molar-refractivity contribution in [2.24, 2.45) is 0 Å². The SMILES string of the molecule is CC1(c2ccc3c(oc4ccccc43)c2N(c2ccccc2)c2ccc(-c3ccccc3)cc2)c2ccccc2-c2ccccc21. The fourth-order valence-electron chi connectivity index (χ4n) is 7.56. The second-order valence-electron chi connectivity index (χ2n) is 12.2. The van der Waals surface area contributed by atoms with E-state index < -0.39 is 5.41 Å². The first-order chi connectivity index (χ1) is 22.7. The molecule has 8 aromatic rings. The Kier molecular flexibility index (Phi) is 5.97. The van der Waals surface area contributed by atoms with E-state index in [4.69, 9.17) is 4.42 Å². The summed E-state index contributed by atoms with van der Waals surface area (Å²) in [6.07, 6.45) is 0. The fourth-order valence-corrected chi connectivity index (χ4v) is 7.56. The van der Waals surface area contributed by atoms with E-state index in [9.17, 15) is 0 Å². The molecule has 0 N–H and O–H groups in total. The average molecular weight is 590 g/mol. The van der Waals surface area contributed by atoms with Gasteiger partial charge in [-0.1, -0.05) is 140 Å². The molecule has 1 aliphatic carbocycles. The zero-order valence-electron chi connectivity index (χ0n) is 25.5. The molecule has 7 aromatic carbocycles. The maximum absolute atomic E-state index is 6.88. The van der Waals surface area contributed by atoms with Crippen LogP contribution in [-0.2, 0) is 5.41 Å². The topological polar surface area (TPSA) is 16.4 Å². The monoisotopic (exact) mass is 589 g/mol. The molecule has 0 fully saturated rings. The summed E-state index contributed by atoms with van der Waals surface area (Å²) in [6, 6.07) is 60.9. The first-order valence-corrected chi connectivity index (χ1v) is 15.9. The summed E-state index contributed by atoms with van der Waals surface area (Å²) < 4.78 is 6.88. The number of anilines is 3. The van der Waals surface area contributed by atoms with Crippen LogP contribution in [-0.4, -0.2) is 0 Å². The molecule has 1 aliphatic rings. The summed E-state index contributed by atoms with van der Waals surface area (Å²) >= 11 is 0. The van der Waals surface area contributed by atoms with Gasteiger partial charge in [0.2, 0.25) is 0 Å². The Bertz CT molecular complexity index is 2320. The van der Waals surface area contributed by atoms with Gasteiger partial charge in [0, 0.05) is 27.6 Å². The third kappa shape index (κ3) is 3.90. The first-order valence-electron chi connectivity index (χ1n) is 15.9. The number of hydrogen-bond donors (Lipinski definition) is 0. The quantitative estimate of drug-likeness (QED) is 0.199. The van der Waals surface area contributed by atoms with Crippen molar-refractivity contribution in [3.8, 4) is 22.3 Å². The molecule has 0 atom stereocenters. The Morgan fingerprint density at radius 3 is 1.67 bits per heavy atom. The van der Waals surface area contributed by atoms with Crippen LogP contribution in [0, 0.1) is 0 Å². The fraction of sp³-hybridized carbons (Fsp3) is 0.0455. The van der Waals surface area contributed by atoms with Gasteiger partial charge in [-0.2, -0.15) is 0 Å². The van der Waals surface area contributed by atoms with Crippen LogP contribution in [0.5, 0.6) is 0 Å². The number of benzene rings is 7. The Hall–Kier alpha value is -5.86. The zero-order chi connectivity index (χ0) is 30.7. The van der Waals surface area contributed by atoms with Crippen molar-refractivity contribution < 1.29 is 4.42 Å². The smallest absolute Gasteiger partial charge is 0.159 e. The maximum atomic E-state index is 6.88. The van der Waals surface area contributed by atoms with Gasteiger partial charge in [-0.25, -0.2) is 0 Å². The van der Waals surface area contributed by atoms with Crippen LogP contribution in [0.4, 0.5) is 17.1 Å². The Labute approximate surface area is 268 Å². The Morgan fingerprint density at radius 2 is 0.978 bits per heavy atom. The standard InChI is InChI=1S/C44H31NO/c1-44(38-21-11-8-18-34(38)35-19-9-12-22-39(35)44)40-29-28-37-36-20-10-13-23-41(36)46-43(37)42(40)45(32-16-6-3-7-17-32)33-26-24-31(25-27-33)30-14-4-2-5-15-30/h2-29H,1H3. The summed E-state index contributed by atoms with van der Waals surface area (Å²) in [5.74, 6) is 0. The number of para-hydroxylation sites is 2. The molecule has 0 unspecified atom stereocenters. The van der Waals surface area contributed by atoms with Gasteiger partial charge in [0.15, 0.2) is 5.58 Å². The lowest BCUT2D eigenvalue weighted by atomic mass is 9.73. The molecule has 0 radical (unpaired) electrons. The van der Waals surface area contributed by atoms with Crippen molar-refractivity contribution in [2.75, 3.05) is 4.90 Å². The molecule has 0 spiro atoms. The van der Waals surface area contributed by atoms with Crippen LogP contribution in [0.3, 0.4) is 0 Å². The largest absolute Gasteiger partial charge is 0.454 e. The van der Waals surface area contributed by atoms with Crippen molar-refractivity contribution in [1.82, 2.24) is 0 Å². The van der Waals surface area contributed by atoms with Gasteiger partial charge >= 0.3 is 0 Å². The van der Waals surface area contributed by atoms with Crippen LogP contribution in [0.2, 0.25) is 0 Å². The molecule has 2 heteroatoms. The van der Waals surface area contributed by atoms with E-state index >= 15 is 0 Å². The number of fused-ring (bicyclic) bond motifs is 6. The number of furan rings is 1. The summed E-state index contributed by atoms with van der Waals surface area (Å²) in [5, 5.41) is 2.23. The summed E-state index contributed by atoms with van der Waals surface area (Å²) in [6.45, 7) is 2.38. The lowest BCUT2D eigenvalue weighted by molar-refractivity contribution is 0.662. The molecule has 0 amide bonds. The predicted octanol–water partition coefficient (Wildman–Crippen LogP) is 12.1. The highest BCUT2D eigenvalue weighted by Crippen LogP contribution is 2.57. The lowest BCUT2D eigenvalue weighted by Gasteiger charge is -2.35. The van der Waals surface area contributed by atoms with Crippen LogP contribution >= 0.6 is 0 Å². The van der Waals surface area contributed by atoms with Crippen LogP contribution < -0.4 is 4.90 Å². The van der Waals surface area contributed by atoms with Crippen LogP contribution in [0.25, 0.3) is 44.2 Å².